The van der Waals surface area contributed by atoms with Crippen molar-refractivity contribution in [3.05, 3.63) is 29.8 Å². The summed E-state index contributed by atoms with van der Waals surface area (Å²) in [6, 6.07) is 7.87. The number of ketones is 1. The van der Waals surface area contributed by atoms with Gasteiger partial charge in [0.25, 0.3) is 0 Å². The minimum absolute atomic E-state index is 0.291. The Morgan fingerprint density at radius 2 is 1.89 bits per heavy atom. The maximum Gasteiger partial charge on any atom is 0.136 e. The Kier molecular flexibility index (Phi) is 4.62. The number of nitrogens with two attached hydrogens (primary N) is 1. The average molecular weight is 259 g/mol. The molecule has 0 bridgehead atoms. The first-order valence-electron chi connectivity index (χ1n) is 7.41. The molecular formula is C17H25NO. The summed E-state index contributed by atoms with van der Waals surface area (Å²) in [7, 11) is 0. The molecule has 2 rings (SSSR count). The molecule has 2 unspecified atom stereocenters. The molecule has 0 aliphatic heterocycles. The highest BCUT2D eigenvalue weighted by atomic mass is 16.1. The first-order valence-corrected chi connectivity index (χ1v) is 7.41. The van der Waals surface area contributed by atoms with Crippen LogP contribution in [0.2, 0.25) is 0 Å². The number of aryl methyl sites for hydroxylation is 1. The van der Waals surface area contributed by atoms with Crippen molar-refractivity contribution in [2.75, 3.05) is 5.73 Å². The summed E-state index contributed by atoms with van der Waals surface area (Å²) < 4.78 is 0. The second kappa shape index (κ2) is 6.23. The Hall–Kier alpha value is -1.31. The molecule has 1 aliphatic carbocycles. The molecule has 0 aromatic heterocycles. The molecule has 2 N–H and O–H groups in total. The Morgan fingerprint density at radius 1 is 1.21 bits per heavy atom. The SMILES string of the molecule is CC1CC(C)CC(C(=O)CCc2cccc(N)c2)C1. The number of hydrogen-bond acceptors (Lipinski definition) is 2. The number of hydrogen-bond donors (Lipinski definition) is 1. The van der Waals surface area contributed by atoms with Gasteiger partial charge in [-0.1, -0.05) is 26.0 Å². The van der Waals surface area contributed by atoms with Crippen LogP contribution >= 0.6 is 0 Å². The fourth-order valence-electron chi connectivity index (χ4n) is 3.43. The van der Waals surface area contributed by atoms with Crippen LogP contribution in [0, 0.1) is 17.8 Å². The van der Waals surface area contributed by atoms with Crippen molar-refractivity contribution in [1.29, 1.82) is 0 Å². The molecule has 0 spiro atoms. The molecule has 2 atom stereocenters. The Bertz CT molecular complexity index is 431. The summed E-state index contributed by atoms with van der Waals surface area (Å²) in [6.07, 6.45) is 4.93. The molecule has 1 aromatic carbocycles. The van der Waals surface area contributed by atoms with Crippen LogP contribution in [0.5, 0.6) is 0 Å². The van der Waals surface area contributed by atoms with Gasteiger partial charge in [-0.25, -0.2) is 0 Å². The molecule has 0 amide bonds. The van der Waals surface area contributed by atoms with Gasteiger partial charge in [-0.3, -0.25) is 4.79 Å². The van der Waals surface area contributed by atoms with E-state index in [-0.39, 0.29) is 0 Å². The molecule has 1 aliphatic rings. The second-order valence-electron chi connectivity index (χ2n) is 6.33. The van der Waals surface area contributed by atoms with Crippen molar-refractivity contribution in [1.82, 2.24) is 0 Å². The minimum Gasteiger partial charge on any atom is -0.399 e. The normalized spacial score (nSPS) is 27.2. The lowest BCUT2D eigenvalue weighted by atomic mass is 9.74. The lowest BCUT2D eigenvalue weighted by molar-refractivity contribution is -0.124. The highest BCUT2D eigenvalue weighted by molar-refractivity contribution is 5.81. The Balaban J connectivity index is 1.87. The Morgan fingerprint density at radius 3 is 2.53 bits per heavy atom. The van der Waals surface area contributed by atoms with Crippen LogP contribution in [0.1, 0.15) is 45.1 Å². The van der Waals surface area contributed by atoms with E-state index in [0.717, 1.165) is 24.9 Å². The number of benzene rings is 1. The van der Waals surface area contributed by atoms with E-state index in [2.05, 4.69) is 19.9 Å². The topological polar surface area (TPSA) is 43.1 Å². The van der Waals surface area contributed by atoms with E-state index in [1.807, 2.05) is 18.2 Å². The maximum atomic E-state index is 12.3. The van der Waals surface area contributed by atoms with Crippen LogP contribution in [0.4, 0.5) is 5.69 Å². The zero-order valence-electron chi connectivity index (χ0n) is 12.1. The van der Waals surface area contributed by atoms with Crippen LogP contribution in [0.15, 0.2) is 24.3 Å². The summed E-state index contributed by atoms with van der Waals surface area (Å²) >= 11 is 0. The number of rotatable bonds is 4. The van der Waals surface area contributed by atoms with Crippen LogP contribution in [-0.2, 0) is 11.2 Å². The van der Waals surface area contributed by atoms with E-state index in [1.165, 1.54) is 12.0 Å². The summed E-state index contributed by atoms with van der Waals surface area (Å²) in [6.45, 7) is 4.54. The van der Waals surface area contributed by atoms with Gasteiger partial charge < -0.3 is 5.73 Å². The van der Waals surface area contributed by atoms with Gasteiger partial charge in [0, 0.05) is 18.0 Å². The zero-order valence-corrected chi connectivity index (χ0v) is 12.1. The fraction of sp³-hybridized carbons (Fsp3) is 0.588. The predicted molar refractivity (Wildman–Crippen MR) is 79.9 cm³/mol. The smallest absolute Gasteiger partial charge is 0.136 e. The molecule has 1 fully saturated rings. The van der Waals surface area contributed by atoms with Gasteiger partial charge in [0.05, 0.1) is 0 Å². The van der Waals surface area contributed by atoms with E-state index in [1.54, 1.807) is 0 Å². The quantitative estimate of drug-likeness (QED) is 0.835. The van der Waals surface area contributed by atoms with Crippen LogP contribution < -0.4 is 5.73 Å². The van der Waals surface area contributed by atoms with Gasteiger partial charge in [0.2, 0.25) is 0 Å². The largest absolute Gasteiger partial charge is 0.399 e. The number of Topliss-reactive ketones (excluding diaryl/α,β-unsaturated/α-hetero) is 1. The van der Waals surface area contributed by atoms with Crippen LogP contribution in [0.25, 0.3) is 0 Å². The van der Waals surface area contributed by atoms with Crippen molar-refractivity contribution in [3.8, 4) is 0 Å². The molecule has 0 saturated heterocycles. The summed E-state index contributed by atoms with van der Waals surface area (Å²) in [5.74, 6) is 2.13. The molecule has 104 valence electrons. The maximum absolute atomic E-state index is 12.3. The minimum atomic E-state index is 0.291. The van der Waals surface area contributed by atoms with Crippen molar-refractivity contribution < 1.29 is 4.79 Å². The molecule has 1 saturated carbocycles. The molecule has 0 heterocycles. The number of carbonyl (C=O) groups excluding carboxylic acids is 1. The van der Waals surface area contributed by atoms with E-state index >= 15 is 0 Å². The highest BCUT2D eigenvalue weighted by Crippen LogP contribution is 2.34. The van der Waals surface area contributed by atoms with Gasteiger partial charge in [-0.15, -0.1) is 0 Å². The highest BCUT2D eigenvalue weighted by Gasteiger charge is 2.28. The van der Waals surface area contributed by atoms with Crippen molar-refractivity contribution in [2.24, 2.45) is 17.8 Å². The number of anilines is 1. The van der Waals surface area contributed by atoms with E-state index in [9.17, 15) is 4.79 Å². The lowest BCUT2D eigenvalue weighted by Gasteiger charge is -2.30. The number of carbonyl (C=O) groups is 1. The van der Waals surface area contributed by atoms with E-state index in [0.29, 0.717) is 30.0 Å². The van der Waals surface area contributed by atoms with Gasteiger partial charge in [0.1, 0.15) is 5.78 Å². The first kappa shape index (κ1) is 14.1. The molecule has 1 aromatic rings. The van der Waals surface area contributed by atoms with Crippen molar-refractivity contribution >= 4 is 11.5 Å². The third-order valence-corrected chi connectivity index (χ3v) is 4.24. The van der Waals surface area contributed by atoms with Crippen LogP contribution in [0.3, 0.4) is 0 Å². The van der Waals surface area contributed by atoms with Gasteiger partial charge in [-0.2, -0.15) is 0 Å². The standard InChI is InChI=1S/C17H25NO/c1-12-8-13(2)10-15(9-12)17(19)7-6-14-4-3-5-16(18)11-14/h3-5,11-13,15H,6-10,18H2,1-2H3. The van der Waals surface area contributed by atoms with Crippen molar-refractivity contribution in [2.45, 2.75) is 46.0 Å². The van der Waals surface area contributed by atoms with Crippen LogP contribution in [-0.4, -0.2) is 5.78 Å². The number of nitrogen functional groups attached to an aromatic ring is 1. The summed E-state index contributed by atoms with van der Waals surface area (Å²) in [5, 5.41) is 0. The average Bonchev–Trinajstić information content (AvgIpc) is 2.35. The summed E-state index contributed by atoms with van der Waals surface area (Å²) in [5.41, 5.74) is 7.71. The molecular weight excluding hydrogens is 234 g/mol. The lowest BCUT2D eigenvalue weighted by Crippen LogP contribution is -2.26. The van der Waals surface area contributed by atoms with E-state index in [4.69, 9.17) is 5.73 Å². The van der Waals surface area contributed by atoms with Crippen molar-refractivity contribution in [3.63, 3.8) is 0 Å². The fourth-order valence-corrected chi connectivity index (χ4v) is 3.43. The molecule has 19 heavy (non-hydrogen) atoms. The monoisotopic (exact) mass is 259 g/mol. The van der Waals surface area contributed by atoms with Gasteiger partial charge >= 0.3 is 0 Å². The second-order valence-corrected chi connectivity index (χ2v) is 6.33. The Labute approximate surface area is 116 Å². The third kappa shape index (κ3) is 4.09. The summed E-state index contributed by atoms with van der Waals surface area (Å²) in [4.78, 5) is 12.3. The molecule has 0 radical (unpaired) electrons. The third-order valence-electron chi connectivity index (χ3n) is 4.24. The van der Waals surface area contributed by atoms with E-state index < -0.39 is 0 Å². The molecule has 2 heteroatoms. The predicted octanol–water partition coefficient (Wildman–Crippen LogP) is 3.84. The van der Waals surface area contributed by atoms with Gasteiger partial charge in [-0.05, 0) is 55.2 Å². The van der Waals surface area contributed by atoms with Gasteiger partial charge in [0.15, 0.2) is 0 Å². The first-order chi connectivity index (χ1) is 9.04. The zero-order chi connectivity index (χ0) is 13.8. The molecule has 2 nitrogen and oxygen atoms in total.